The lowest BCUT2D eigenvalue weighted by molar-refractivity contribution is -0.129. The zero-order chi connectivity index (χ0) is 30.8. The van der Waals surface area contributed by atoms with E-state index >= 15 is 0 Å². The van der Waals surface area contributed by atoms with Crippen LogP contribution in [0.5, 0.6) is 5.75 Å². The first kappa shape index (κ1) is 33.3. The summed E-state index contributed by atoms with van der Waals surface area (Å²) in [5, 5.41) is 17.0. The minimum absolute atomic E-state index is 0. The molecule has 0 aliphatic carbocycles. The van der Waals surface area contributed by atoms with Crippen molar-refractivity contribution in [3.8, 4) is 11.8 Å². The average molecular weight is 628 g/mol. The topological polar surface area (TPSA) is 149 Å². The number of carbonyl (C=O) groups excluding carboxylic acids is 3. The van der Waals surface area contributed by atoms with Crippen LogP contribution in [0.15, 0.2) is 54.6 Å². The Morgan fingerprint density at radius 2 is 1.81 bits per heavy atom. The summed E-state index contributed by atoms with van der Waals surface area (Å²) in [6, 6.07) is 15.0. The number of rotatable bonds is 8. The number of nitrogens with zero attached hydrogens (tertiary/aromatic N) is 3. The fourth-order valence-electron chi connectivity index (χ4n) is 5.11. The Labute approximate surface area is 257 Å². The number of benzene rings is 3. The molecule has 3 aromatic rings. The van der Waals surface area contributed by atoms with E-state index in [9.17, 15) is 28.1 Å². The highest BCUT2D eigenvalue weighted by atomic mass is 35.5. The quantitative estimate of drug-likeness (QED) is 0.387. The Hall–Kier alpha value is -4.18. The zero-order valence-electron chi connectivity index (χ0n) is 24.5. The highest BCUT2D eigenvalue weighted by molar-refractivity contribution is 7.91. The van der Waals surface area contributed by atoms with Gasteiger partial charge in [-0.15, -0.1) is 12.4 Å². The lowest BCUT2D eigenvalue weighted by Crippen LogP contribution is -2.60. The van der Waals surface area contributed by atoms with Crippen LogP contribution in [0.1, 0.15) is 25.0 Å². The molecule has 0 saturated heterocycles. The maximum atomic E-state index is 14.4. The van der Waals surface area contributed by atoms with Gasteiger partial charge in [-0.2, -0.15) is 5.26 Å². The molecule has 3 atom stereocenters. The van der Waals surface area contributed by atoms with Crippen LogP contribution in [-0.4, -0.2) is 70.4 Å². The Balaban J connectivity index is 0.00000506. The summed E-state index contributed by atoms with van der Waals surface area (Å²) in [5.41, 5.74) is 1.36. The number of carbonyl (C=O) groups is 3. The summed E-state index contributed by atoms with van der Waals surface area (Å²) in [6.45, 7) is 3.19. The van der Waals surface area contributed by atoms with Crippen molar-refractivity contribution < 1.29 is 27.5 Å². The van der Waals surface area contributed by atoms with Gasteiger partial charge in [0.25, 0.3) is 5.91 Å². The van der Waals surface area contributed by atoms with Crippen molar-refractivity contribution in [1.29, 1.82) is 5.26 Å². The van der Waals surface area contributed by atoms with Crippen molar-refractivity contribution >= 4 is 62.1 Å². The summed E-state index contributed by atoms with van der Waals surface area (Å²) >= 11 is 0. The standard InChI is InChI=1S/C30H33N5O6S.ClH/c1-18(32-3)29(37)33-28-19(2)35(27(36)17-42(5,39)40)25-14-20(15-31)10-12-24(25)34(30(28)38)16-23-22-9-7-6-8-21(22)11-13-26(23)41-4;/h6-14,18-19,28,32H,16-17H2,1-5H3,(H,33,37);1H/t18?,19-,28-;/m0./s1. The predicted molar refractivity (Wildman–Crippen MR) is 167 cm³/mol. The van der Waals surface area contributed by atoms with Crippen molar-refractivity contribution in [3.05, 3.63) is 65.7 Å². The number of ether oxygens (including phenoxy) is 1. The molecule has 1 heterocycles. The Morgan fingerprint density at radius 1 is 1.12 bits per heavy atom. The van der Waals surface area contributed by atoms with E-state index in [-0.39, 0.29) is 35.9 Å². The van der Waals surface area contributed by atoms with Gasteiger partial charge < -0.3 is 25.2 Å². The van der Waals surface area contributed by atoms with Crippen LogP contribution >= 0.6 is 12.4 Å². The zero-order valence-corrected chi connectivity index (χ0v) is 26.1. The van der Waals surface area contributed by atoms with E-state index in [1.807, 2.05) is 36.4 Å². The molecule has 13 heteroatoms. The van der Waals surface area contributed by atoms with Gasteiger partial charge in [-0.05, 0) is 55.9 Å². The normalized spacial score (nSPS) is 17.3. The van der Waals surface area contributed by atoms with Crippen molar-refractivity contribution in [3.63, 3.8) is 0 Å². The number of sulfone groups is 1. The van der Waals surface area contributed by atoms with Gasteiger partial charge in [0.1, 0.15) is 17.5 Å². The highest BCUT2D eigenvalue weighted by Gasteiger charge is 2.43. The molecule has 4 rings (SSSR count). The number of nitrogens with one attached hydrogen (secondary N) is 2. The van der Waals surface area contributed by atoms with Gasteiger partial charge in [-0.25, -0.2) is 8.42 Å². The molecule has 0 bridgehead atoms. The molecule has 1 aliphatic rings. The van der Waals surface area contributed by atoms with Crippen LogP contribution in [0.25, 0.3) is 10.8 Å². The molecule has 1 aliphatic heterocycles. The molecule has 43 heavy (non-hydrogen) atoms. The van der Waals surface area contributed by atoms with Crippen LogP contribution in [-0.2, 0) is 30.8 Å². The lowest BCUT2D eigenvalue weighted by atomic mass is 10.0. The Bertz CT molecular complexity index is 1710. The van der Waals surface area contributed by atoms with E-state index < -0.39 is 51.4 Å². The van der Waals surface area contributed by atoms with Crippen molar-refractivity contribution in [2.24, 2.45) is 0 Å². The number of halogens is 1. The summed E-state index contributed by atoms with van der Waals surface area (Å²) < 4.78 is 30.1. The van der Waals surface area contributed by atoms with Gasteiger partial charge >= 0.3 is 0 Å². The average Bonchev–Trinajstić information content (AvgIpc) is 3.04. The van der Waals surface area contributed by atoms with Crippen LogP contribution < -0.4 is 25.2 Å². The predicted octanol–water partition coefficient (Wildman–Crippen LogP) is 2.55. The minimum Gasteiger partial charge on any atom is -0.496 e. The first-order chi connectivity index (χ1) is 19.9. The van der Waals surface area contributed by atoms with Gasteiger partial charge in [0.15, 0.2) is 9.84 Å². The molecule has 3 amide bonds. The van der Waals surface area contributed by atoms with Gasteiger partial charge in [-0.3, -0.25) is 14.4 Å². The summed E-state index contributed by atoms with van der Waals surface area (Å²) in [4.78, 5) is 43.7. The Kier molecular flexibility index (Phi) is 10.4. The van der Waals surface area contributed by atoms with Gasteiger partial charge in [0.2, 0.25) is 11.8 Å². The monoisotopic (exact) mass is 627 g/mol. The summed E-state index contributed by atoms with van der Waals surface area (Å²) in [6.07, 6.45) is 0.943. The number of nitriles is 1. The molecule has 11 nitrogen and oxygen atoms in total. The molecule has 0 aromatic heterocycles. The van der Waals surface area contributed by atoms with E-state index in [4.69, 9.17) is 4.74 Å². The van der Waals surface area contributed by atoms with Crippen molar-refractivity contribution in [2.75, 3.05) is 36.0 Å². The van der Waals surface area contributed by atoms with Crippen LogP contribution in [0, 0.1) is 11.3 Å². The minimum atomic E-state index is -3.76. The summed E-state index contributed by atoms with van der Waals surface area (Å²) in [5.74, 6) is -2.09. The molecule has 0 fully saturated rings. The first-order valence-corrected chi connectivity index (χ1v) is 15.3. The lowest BCUT2D eigenvalue weighted by Gasteiger charge is -2.32. The third-order valence-corrected chi connectivity index (χ3v) is 8.16. The largest absolute Gasteiger partial charge is 0.496 e. The highest BCUT2D eigenvalue weighted by Crippen LogP contribution is 2.39. The molecule has 2 N–H and O–H groups in total. The maximum Gasteiger partial charge on any atom is 0.252 e. The molecule has 228 valence electrons. The molecule has 0 radical (unpaired) electrons. The molecule has 1 unspecified atom stereocenters. The number of fused-ring (bicyclic) bond motifs is 2. The number of amides is 3. The van der Waals surface area contributed by atoms with Crippen LogP contribution in [0.2, 0.25) is 0 Å². The van der Waals surface area contributed by atoms with Gasteiger partial charge in [0.05, 0.1) is 48.7 Å². The number of hydrogen-bond donors (Lipinski definition) is 2. The summed E-state index contributed by atoms with van der Waals surface area (Å²) in [7, 11) is -0.633. The fraction of sp³-hybridized carbons (Fsp3) is 0.333. The maximum absolute atomic E-state index is 14.4. The SMILES string of the molecule is CNC(C)C(=O)N[C@@H]1C(=O)N(Cc2c(OC)ccc3ccccc23)c2ccc(C#N)cc2N(C(=O)CS(C)(=O)=O)[C@H]1C.Cl. The van der Waals surface area contributed by atoms with E-state index in [1.165, 1.54) is 29.0 Å². The van der Waals surface area contributed by atoms with Gasteiger partial charge in [-0.1, -0.05) is 30.3 Å². The van der Waals surface area contributed by atoms with Crippen molar-refractivity contribution in [2.45, 2.75) is 38.5 Å². The number of methoxy groups -OCH3 is 1. The second-order valence-corrected chi connectivity index (χ2v) is 12.4. The smallest absolute Gasteiger partial charge is 0.252 e. The number of hydrogen-bond acceptors (Lipinski definition) is 8. The molecule has 0 saturated carbocycles. The van der Waals surface area contributed by atoms with Gasteiger partial charge in [0, 0.05) is 11.8 Å². The third kappa shape index (κ3) is 6.91. The molecular weight excluding hydrogens is 594 g/mol. The van der Waals surface area contributed by atoms with E-state index in [0.29, 0.717) is 11.3 Å². The molecule has 3 aromatic carbocycles. The first-order valence-electron chi connectivity index (χ1n) is 13.3. The van der Waals surface area contributed by atoms with E-state index in [2.05, 4.69) is 10.6 Å². The molecule has 0 spiro atoms. The molecular formula is C30H34ClN5O6S. The number of likely N-dealkylation sites (N-methyl/N-ethyl adjacent to an activating group) is 1. The van der Waals surface area contributed by atoms with E-state index in [1.54, 1.807) is 33.0 Å². The number of anilines is 2. The van der Waals surface area contributed by atoms with E-state index in [0.717, 1.165) is 17.0 Å². The van der Waals surface area contributed by atoms with Crippen molar-refractivity contribution in [1.82, 2.24) is 10.6 Å². The Morgan fingerprint density at radius 3 is 2.44 bits per heavy atom. The fourth-order valence-corrected chi connectivity index (χ4v) is 5.70. The van der Waals surface area contributed by atoms with Crippen LogP contribution in [0.4, 0.5) is 11.4 Å². The second kappa shape index (κ2) is 13.4. The second-order valence-electron chi connectivity index (χ2n) is 10.3. The van der Waals surface area contributed by atoms with Crippen LogP contribution in [0.3, 0.4) is 0 Å². The third-order valence-electron chi connectivity index (χ3n) is 7.39.